The molecule has 5 heterocycles. The molecule has 2 aromatic rings. The first-order valence-corrected chi connectivity index (χ1v) is 18.2. The van der Waals surface area contributed by atoms with E-state index in [9.17, 15) is 31.5 Å². The van der Waals surface area contributed by atoms with E-state index in [1.54, 1.807) is 13.8 Å². The monoisotopic (exact) mass is 711 g/mol. The van der Waals surface area contributed by atoms with E-state index >= 15 is 0 Å². The first kappa shape index (κ1) is 35.7. The summed E-state index contributed by atoms with van der Waals surface area (Å²) in [4.78, 5) is 27.3. The minimum absolute atomic E-state index is 0.0237. The Morgan fingerprint density at radius 1 is 1.18 bits per heavy atom. The number of anilines is 1. The minimum atomic E-state index is -3.61. The van der Waals surface area contributed by atoms with Crippen molar-refractivity contribution in [2.45, 2.75) is 70.2 Å². The van der Waals surface area contributed by atoms with Gasteiger partial charge in [0.2, 0.25) is 0 Å². The maximum Gasteiger partial charge on any atom is 0.279 e. The van der Waals surface area contributed by atoms with Gasteiger partial charge in [-0.1, -0.05) is 0 Å². The third-order valence-electron chi connectivity index (χ3n) is 9.85. The van der Waals surface area contributed by atoms with Gasteiger partial charge < -0.3 is 29.3 Å². The normalized spacial score (nSPS) is 23.5. The molecular weight excluding hydrogens is 667 g/mol. The lowest BCUT2D eigenvalue weighted by Crippen LogP contribution is -2.61. The van der Waals surface area contributed by atoms with Gasteiger partial charge >= 0.3 is 0 Å². The van der Waals surface area contributed by atoms with Gasteiger partial charge in [-0.25, -0.2) is 23.1 Å². The number of carbonyl (C=O) groups is 1. The van der Waals surface area contributed by atoms with Crippen LogP contribution < -0.4 is 14.4 Å². The Balaban J connectivity index is 1.01. The fourth-order valence-corrected chi connectivity index (χ4v) is 8.49. The number of β-amino-alcohol motifs (C(OH)–C–C–N with tert-alkyl or cyclic N) is 1. The van der Waals surface area contributed by atoms with Crippen molar-refractivity contribution in [1.82, 2.24) is 28.8 Å². The molecule has 4 saturated heterocycles. The molecule has 2 atom stereocenters. The number of halogens is 3. The number of aliphatic hydroxyl groups excluding tert-OH is 1. The Kier molecular flexibility index (Phi) is 10.7. The number of likely N-dealkylation sites (tertiary alicyclic amines) is 1. The SMILES string of the molecule is CC(C)N(CC(F)F)C(=O)c1cc(F)ccc1Oc1cncnc1N1CC2(CCN(C[C@@H]3CC[C@@H](NS(=O)(=O)N4CC(O)C4)CO3)CC2)C1. The van der Waals surface area contributed by atoms with Crippen molar-refractivity contribution in [2.24, 2.45) is 5.41 Å². The van der Waals surface area contributed by atoms with Crippen molar-refractivity contribution < 1.29 is 41.0 Å². The molecule has 2 N–H and O–H groups in total. The van der Waals surface area contributed by atoms with Crippen molar-refractivity contribution in [3.8, 4) is 11.5 Å². The van der Waals surface area contributed by atoms with Crippen LogP contribution in [0.3, 0.4) is 0 Å². The maximum absolute atomic E-state index is 14.3. The Labute approximate surface area is 284 Å². The topological polar surface area (TPSA) is 141 Å². The van der Waals surface area contributed by atoms with Gasteiger partial charge in [-0.15, -0.1) is 0 Å². The van der Waals surface area contributed by atoms with Gasteiger partial charge in [0.1, 0.15) is 17.9 Å². The van der Waals surface area contributed by atoms with Crippen LogP contribution in [-0.2, 0) is 14.9 Å². The van der Waals surface area contributed by atoms with Crippen LogP contribution in [0.1, 0.15) is 49.9 Å². The summed E-state index contributed by atoms with van der Waals surface area (Å²) in [7, 11) is -3.61. The van der Waals surface area contributed by atoms with Gasteiger partial charge in [0.25, 0.3) is 22.5 Å². The van der Waals surface area contributed by atoms with E-state index in [0.717, 1.165) is 69.0 Å². The first-order chi connectivity index (χ1) is 23.3. The number of hydrogen-bond acceptors (Lipinski definition) is 10. The minimum Gasteiger partial charge on any atom is -0.451 e. The van der Waals surface area contributed by atoms with Gasteiger partial charge in [-0.05, 0) is 70.8 Å². The quantitative estimate of drug-likeness (QED) is 0.338. The summed E-state index contributed by atoms with van der Waals surface area (Å²) >= 11 is 0. The number of aromatic nitrogens is 2. The fraction of sp³-hybridized carbons (Fsp3) is 0.656. The summed E-state index contributed by atoms with van der Waals surface area (Å²) in [5.74, 6) is -0.619. The summed E-state index contributed by atoms with van der Waals surface area (Å²) in [5.41, 5.74) is -0.0629. The highest BCUT2D eigenvalue weighted by Gasteiger charge is 2.46. The average Bonchev–Trinajstić information content (AvgIpc) is 3.03. The molecule has 6 rings (SSSR count). The van der Waals surface area contributed by atoms with Gasteiger partial charge in [0, 0.05) is 50.2 Å². The summed E-state index contributed by atoms with van der Waals surface area (Å²) < 4.78 is 81.7. The Morgan fingerprint density at radius 3 is 2.55 bits per heavy atom. The number of alkyl halides is 2. The number of nitrogens with zero attached hydrogens (tertiary/aromatic N) is 6. The number of aliphatic hydroxyl groups is 1. The summed E-state index contributed by atoms with van der Waals surface area (Å²) in [6.45, 7) is 7.08. The lowest BCUT2D eigenvalue weighted by molar-refractivity contribution is -0.0304. The van der Waals surface area contributed by atoms with E-state index in [4.69, 9.17) is 9.47 Å². The molecule has 13 nitrogen and oxygen atoms in total. The number of ether oxygens (including phenoxy) is 2. The molecule has 1 amide bonds. The van der Waals surface area contributed by atoms with Crippen molar-refractivity contribution >= 4 is 21.9 Å². The molecule has 0 saturated carbocycles. The Bertz CT molecular complexity index is 1570. The molecule has 4 aliphatic heterocycles. The van der Waals surface area contributed by atoms with Crippen LogP contribution in [0.25, 0.3) is 0 Å². The largest absolute Gasteiger partial charge is 0.451 e. The number of carbonyl (C=O) groups excluding carboxylic acids is 1. The van der Waals surface area contributed by atoms with Crippen LogP contribution in [0, 0.1) is 11.2 Å². The smallest absolute Gasteiger partial charge is 0.279 e. The molecule has 0 unspecified atom stereocenters. The predicted octanol–water partition coefficient (Wildman–Crippen LogP) is 2.48. The van der Waals surface area contributed by atoms with Crippen LogP contribution in [0.2, 0.25) is 0 Å². The van der Waals surface area contributed by atoms with Crippen molar-refractivity contribution in [3.63, 3.8) is 0 Å². The standard InChI is InChI=1S/C32H44F3N7O6S/c1-21(2)42(16-29(34)35)31(44)26-11-22(33)3-6-27(26)48-28-12-36-20-37-30(28)40-18-32(19-40)7-9-39(10-8-32)15-25-5-4-23(17-47-25)38-49(45,46)41-13-24(43)14-41/h3,6,11-12,20-21,23-25,29,38,43H,4-5,7-10,13-19H2,1-2H3/t23-,25+/m1/s1. The van der Waals surface area contributed by atoms with Crippen molar-refractivity contribution in [1.29, 1.82) is 0 Å². The second-order valence-corrected chi connectivity index (χ2v) is 15.6. The van der Waals surface area contributed by atoms with E-state index < -0.39 is 47.0 Å². The molecular formula is C32H44F3N7O6S. The number of rotatable bonds is 12. The zero-order chi connectivity index (χ0) is 34.9. The highest BCUT2D eigenvalue weighted by Crippen LogP contribution is 2.45. The second kappa shape index (κ2) is 14.6. The Morgan fingerprint density at radius 2 is 1.92 bits per heavy atom. The third-order valence-corrected chi connectivity index (χ3v) is 11.5. The molecule has 17 heteroatoms. The summed E-state index contributed by atoms with van der Waals surface area (Å²) in [5, 5.41) is 9.42. The molecule has 0 aliphatic carbocycles. The molecule has 1 aromatic heterocycles. The molecule has 4 fully saturated rings. The lowest BCUT2D eigenvalue weighted by atomic mass is 9.72. The molecule has 1 aromatic carbocycles. The number of nitrogens with one attached hydrogen (secondary N) is 1. The Hall–Kier alpha value is -3.09. The van der Waals surface area contributed by atoms with E-state index in [2.05, 4.69) is 24.5 Å². The summed E-state index contributed by atoms with van der Waals surface area (Å²) in [6, 6.07) is 2.62. The first-order valence-electron chi connectivity index (χ1n) is 16.7. The van der Waals surface area contributed by atoms with E-state index in [-0.39, 0.29) is 47.7 Å². The summed E-state index contributed by atoms with van der Waals surface area (Å²) in [6.07, 6.45) is 2.97. The lowest BCUT2D eigenvalue weighted by Gasteiger charge is -2.54. The highest BCUT2D eigenvalue weighted by atomic mass is 32.2. The van der Waals surface area contributed by atoms with E-state index in [1.807, 2.05) is 0 Å². The molecule has 1 spiro atoms. The number of hydrogen-bond donors (Lipinski definition) is 2. The van der Waals surface area contributed by atoms with Crippen LogP contribution >= 0.6 is 0 Å². The molecule has 270 valence electrons. The van der Waals surface area contributed by atoms with Crippen LogP contribution in [0.15, 0.2) is 30.7 Å². The highest BCUT2D eigenvalue weighted by molar-refractivity contribution is 7.87. The van der Waals surface area contributed by atoms with Gasteiger partial charge in [0.05, 0.1) is 37.1 Å². The number of benzene rings is 1. The van der Waals surface area contributed by atoms with Crippen molar-refractivity contribution in [2.75, 3.05) is 63.9 Å². The van der Waals surface area contributed by atoms with Crippen LogP contribution in [0.4, 0.5) is 19.0 Å². The van der Waals surface area contributed by atoms with Gasteiger partial charge in [-0.2, -0.15) is 17.4 Å². The van der Waals surface area contributed by atoms with Crippen LogP contribution in [0.5, 0.6) is 11.5 Å². The third kappa shape index (κ3) is 8.28. The number of amides is 1. The second-order valence-electron chi connectivity index (χ2n) is 13.9. The maximum atomic E-state index is 14.3. The zero-order valence-corrected chi connectivity index (χ0v) is 28.5. The van der Waals surface area contributed by atoms with Crippen LogP contribution in [-0.4, -0.2) is 133 Å². The molecule has 49 heavy (non-hydrogen) atoms. The molecule has 0 radical (unpaired) electrons. The van der Waals surface area contributed by atoms with Gasteiger partial charge in [-0.3, -0.25) is 4.79 Å². The average molecular weight is 712 g/mol. The van der Waals surface area contributed by atoms with Gasteiger partial charge in [0.15, 0.2) is 11.6 Å². The van der Waals surface area contributed by atoms with E-state index in [1.165, 1.54) is 22.9 Å². The van der Waals surface area contributed by atoms with Crippen molar-refractivity contribution in [3.05, 3.63) is 42.1 Å². The molecule has 0 bridgehead atoms. The number of piperidine rings is 1. The predicted molar refractivity (Wildman–Crippen MR) is 173 cm³/mol. The van der Waals surface area contributed by atoms with E-state index in [0.29, 0.717) is 18.8 Å². The fourth-order valence-electron chi connectivity index (χ4n) is 7.00. The zero-order valence-electron chi connectivity index (χ0n) is 27.7. The molecule has 4 aliphatic rings.